The Morgan fingerprint density at radius 2 is 1.80 bits per heavy atom. The van der Waals surface area contributed by atoms with E-state index in [4.69, 9.17) is 16.9 Å². The van der Waals surface area contributed by atoms with Gasteiger partial charge >= 0.3 is 0 Å². The van der Waals surface area contributed by atoms with E-state index >= 15 is 0 Å². The van der Waals surface area contributed by atoms with E-state index < -0.39 is 0 Å². The third-order valence-corrected chi connectivity index (χ3v) is 3.95. The fraction of sp³-hybridized carbons (Fsp3) is 0.294. The molecule has 1 heterocycles. The van der Waals surface area contributed by atoms with Crippen molar-refractivity contribution in [3.8, 4) is 0 Å². The number of hydrogen-bond donors (Lipinski definition) is 0. The molecule has 1 saturated heterocycles. The second-order valence-corrected chi connectivity index (χ2v) is 5.61. The average Bonchev–Trinajstić information content (AvgIpc) is 2.49. The second kappa shape index (κ2) is 6.29. The van der Waals surface area contributed by atoms with Crippen LogP contribution in [0.1, 0.15) is 5.56 Å². The Hall–Kier alpha value is -1.51. The van der Waals surface area contributed by atoms with Crippen molar-refractivity contribution in [1.29, 1.82) is 0 Å². The molecule has 3 heteroatoms. The first-order chi connectivity index (χ1) is 9.81. The van der Waals surface area contributed by atoms with Crippen molar-refractivity contribution in [2.75, 3.05) is 24.5 Å². The Morgan fingerprint density at radius 1 is 1.05 bits per heavy atom. The first-order valence-corrected chi connectivity index (χ1v) is 7.40. The van der Waals surface area contributed by atoms with Crippen molar-refractivity contribution in [2.45, 2.75) is 12.5 Å². The third-order valence-electron chi connectivity index (χ3n) is 3.69. The number of anilines is 1. The van der Waals surface area contributed by atoms with Gasteiger partial charge in [-0.2, -0.15) is 0 Å². The molecule has 1 atom stereocenters. The fourth-order valence-electron chi connectivity index (χ4n) is 2.67. The summed E-state index contributed by atoms with van der Waals surface area (Å²) in [5.41, 5.74) is 2.60. The van der Waals surface area contributed by atoms with Crippen molar-refractivity contribution < 1.29 is 0 Å². The SMILES string of the molecule is Clc1ccc(N2CC[N]C(Cc3ccccc3)C2)cc1. The molecule has 1 aliphatic rings. The fourth-order valence-corrected chi connectivity index (χ4v) is 2.79. The highest BCUT2D eigenvalue weighted by atomic mass is 35.5. The topological polar surface area (TPSA) is 17.3 Å². The predicted octanol–water partition coefficient (Wildman–Crippen LogP) is 3.38. The minimum Gasteiger partial charge on any atom is -0.369 e. The van der Waals surface area contributed by atoms with E-state index in [9.17, 15) is 0 Å². The Balaban J connectivity index is 1.66. The minimum absolute atomic E-state index is 0.377. The number of piperazine rings is 1. The van der Waals surface area contributed by atoms with E-state index in [-0.39, 0.29) is 0 Å². The molecule has 1 unspecified atom stereocenters. The summed E-state index contributed by atoms with van der Waals surface area (Å²) in [7, 11) is 0. The standard InChI is InChI=1S/C17H18ClN2/c18-15-6-8-17(9-7-15)20-11-10-19-16(13-20)12-14-4-2-1-3-5-14/h1-9,16H,10-13H2. The molecule has 2 aromatic rings. The van der Waals surface area contributed by atoms with Crippen LogP contribution >= 0.6 is 11.6 Å². The zero-order valence-electron chi connectivity index (χ0n) is 11.4. The van der Waals surface area contributed by atoms with Gasteiger partial charge in [0.15, 0.2) is 0 Å². The van der Waals surface area contributed by atoms with Gasteiger partial charge in [0.25, 0.3) is 0 Å². The molecule has 0 amide bonds. The van der Waals surface area contributed by atoms with Gasteiger partial charge in [-0.15, -0.1) is 0 Å². The molecule has 0 bridgehead atoms. The quantitative estimate of drug-likeness (QED) is 0.845. The molecule has 0 N–H and O–H groups in total. The van der Waals surface area contributed by atoms with Crippen LogP contribution in [-0.4, -0.2) is 25.7 Å². The maximum absolute atomic E-state index is 5.95. The van der Waals surface area contributed by atoms with Crippen LogP contribution in [0, 0.1) is 0 Å². The Kier molecular flexibility index (Phi) is 4.24. The van der Waals surface area contributed by atoms with Gasteiger partial charge in [-0.1, -0.05) is 41.9 Å². The molecule has 20 heavy (non-hydrogen) atoms. The summed E-state index contributed by atoms with van der Waals surface area (Å²) < 4.78 is 0. The molecule has 0 spiro atoms. The van der Waals surface area contributed by atoms with Gasteiger partial charge in [0.1, 0.15) is 0 Å². The van der Waals surface area contributed by atoms with Crippen LogP contribution in [0.3, 0.4) is 0 Å². The van der Waals surface area contributed by atoms with Crippen LogP contribution in [-0.2, 0) is 6.42 Å². The summed E-state index contributed by atoms with van der Waals surface area (Å²) in [5.74, 6) is 0. The maximum Gasteiger partial charge on any atom is 0.0462 e. The second-order valence-electron chi connectivity index (χ2n) is 5.17. The van der Waals surface area contributed by atoms with E-state index in [2.05, 4.69) is 47.4 Å². The molecule has 0 aromatic heterocycles. The van der Waals surface area contributed by atoms with E-state index in [1.807, 2.05) is 12.1 Å². The highest BCUT2D eigenvalue weighted by molar-refractivity contribution is 6.30. The van der Waals surface area contributed by atoms with Gasteiger partial charge < -0.3 is 4.90 Å². The van der Waals surface area contributed by atoms with Crippen LogP contribution in [0.4, 0.5) is 5.69 Å². The first-order valence-electron chi connectivity index (χ1n) is 7.02. The molecule has 1 radical (unpaired) electrons. The molecule has 2 aromatic carbocycles. The van der Waals surface area contributed by atoms with Gasteiger partial charge in [-0.3, -0.25) is 0 Å². The van der Waals surface area contributed by atoms with Crippen LogP contribution < -0.4 is 10.2 Å². The number of rotatable bonds is 3. The van der Waals surface area contributed by atoms with E-state index in [0.717, 1.165) is 31.1 Å². The predicted molar refractivity (Wildman–Crippen MR) is 84.6 cm³/mol. The van der Waals surface area contributed by atoms with Crippen molar-refractivity contribution in [1.82, 2.24) is 5.32 Å². The summed E-state index contributed by atoms with van der Waals surface area (Å²) in [6, 6.07) is 19.1. The lowest BCUT2D eigenvalue weighted by Gasteiger charge is -2.34. The normalized spacial score (nSPS) is 19.1. The molecule has 0 saturated carbocycles. The van der Waals surface area contributed by atoms with Gasteiger partial charge in [-0.25, -0.2) is 5.32 Å². The molecule has 2 nitrogen and oxygen atoms in total. The molecule has 1 fully saturated rings. The van der Waals surface area contributed by atoms with Gasteiger partial charge in [0, 0.05) is 36.4 Å². The summed E-state index contributed by atoms with van der Waals surface area (Å²) in [4.78, 5) is 2.40. The van der Waals surface area contributed by atoms with Crippen molar-refractivity contribution >= 4 is 17.3 Å². The van der Waals surface area contributed by atoms with E-state index in [1.165, 1.54) is 11.3 Å². The molecule has 1 aliphatic heterocycles. The van der Waals surface area contributed by atoms with E-state index in [1.54, 1.807) is 0 Å². The zero-order chi connectivity index (χ0) is 13.8. The summed E-state index contributed by atoms with van der Waals surface area (Å²) in [6.45, 7) is 2.88. The van der Waals surface area contributed by atoms with Gasteiger partial charge in [0.05, 0.1) is 0 Å². The Bertz CT molecular complexity index is 539. The first kappa shape index (κ1) is 13.5. The van der Waals surface area contributed by atoms with Crippen LogP contribution in [0.2, 0.25) is 5.02 Å². The zero-order valence-corrected chi connectivity index (χ0v) is 12.1. The highest BCUT2D eigenvalue weighted by Gasteiger charge is 2.20. The minimum atomic E-state index is 0.377. The lowest BCUT2D eigenvalue weighted by atomic mass is 10.0. The molecule has 3 rings (SSSR count). The molecule has 103 valence electrons. The largest absolute Gasteiger partial charge is 0.369 e. The van der Waals surface area contributed by atoms with E-state index in [0.29, 0.717) is 6.04 Å². The molecular formula is C17H18ClN2. The summed E-state index contributed by atoms with van der Waals surface area (Å²) >= 11 is 5.95. The van der Waals surface area contributed by atoms with Crippen LogP contribution in [0.5, 0.6) is 0 Å². The summed E-state index contributed by atoms with van der Waals surface area (Å²) in [5, 5.41) is 5.54. The van der Waals surface area contributed by atoms with Crippen molar-refractivity contribution in [3.05, 3.63) is 65.2 Å². The number of benzene rings is 2. The third kappa shape index (κ3) is 3.33. The van der Waals surface area contributed by atoms with Crippen molar-refractivity contribution in [2.24, 2.45) is 0 Å². The molecule has 0 aliphatic carbocycles. The Labute approximate surface area is 125 Å². The number of nitrogens with zero attached hydrogens (tertiary/aromatic N) is 2. The Morgan fingerprint density at radius 3 is 2.55 bits per heavy atom. The summed E-state index contributed by atoms with van der Waals surface area (Å²) in [6.07, 6.45) is 1.02. The molecular weight excluding hydrogens is 268 g/mol. The number of halogens is 1. The number of hydrogen-bond acceptors (Lipinski definition) is 1. The maximum atomic E-state index is 5.95. The van der Waals surface area contributed by atoms with Crippen molar-refractivity contribution in [3.63, 3.8) is 0 Å². The monoisotopic (exact) mass is 285 g/mol. The van der Waals surface area contributed by atoms with Gasteiger partial charge in [0.2, 0.25) is 0 Å². The highest BCUT2D eigenvalue weighted by Crippen LogP contribution is 2.20. The lowest BCUT2D eigenvalue weighted by molar-refractivity contribution is 0.445. The smallest absolute Gasteiger partial charge is 0.0462 e. The van der Waals surface area contributed by atoms with Gasteiger partial charge in [-0.05, 0) is 36.2 Å². The van der Waals surface area contributed by atoms with Crippen LogP contribution in [0.15, 0.2) is 54.6 Å². The lowest BCUT2D eigenvalue weighted by Crippen LogP contribution is -2.48. The van der Waals surface area contributed by atoms with Crippen LogP contribution in [0.25, 0.3) is 0 Å². The average molecular weight is 286 g/mol.